The number of fused-ring (bicyclic) bond motifs is 1. The summed E-state index contributed by atoms with van der Waals surface area (Å²) in [6.45, 7) is 4.21. The second kappa shape index (κ2) is 11.8. The van der Waals surface area contributed by atoms with Crippen molar-refractivity contribution in [3.8, 4) is 0 Å². The fourth-order valence-electron chi connectivity index (χ4n) is 5.24. The van der Waals surface area contributed by atoms with Gasteiger partial charge in [0.05, 0.1) is 0 Å². The molecule has 2 aromatic rings. The van der Waals surface area contributed by atoms with Gasteiger partial charge in [0, 0.05) is 36.6 Å². The van der Waals surface area contributed by atoms with Crippen LogP contribution in [0.5, 0.6) is 0 Å². The Labute approximate surface area is 187 Å². The standard InChI is InChI=1S/C25H37N3O.ClH/c29-25(27-17-14-20-12-15-26-16-13-20)11-10-22-19-28(18-21-6-2-1-3-7-21)24-9-5-4-8-23(22)24;/h4-5,8-9,19-21,26H,1-3,6-7,10-18H2,(H,27,29);1H. The van der Waals surface area contributed by atoms with Gasteiger partial charge >= 0.3 is 0 Å². The molecule has 1 aromatic heterocycles. The number of hydrogen-bond acceptors (Lipinski definition) is 2. The van der Waals surface area contributed by atoms with Crippen molar-refractivity contribution in [2.75, 3.05) is 19.6 Å². The summed E-state index contributed by atoms with van der Waals surface area (Å²) in [7, 11) is 0. The second-order valence-electron chi connectivity index (χ2n) is 9.16. The maximum absolute atomic E-state index is 12.4. The van der Waals surface area contributed by atoms with Gasteiger partial charge in [-0.15, -0.1) is 12.4 Å². The van der Waals surface area contributed by atoms with Crippen molar-refractivity contribution in [3.05, 3.63) is 36.0 Å². The highest BCUT2D eigenvalue weighted by Crippen LogP contribution is 2.29. The monoisotopic (exact) mass is 431 g/mol. The van der Waals surface area contributed by atoms with E-state index in [4.69, 9.17) is 0 Å². The fourth-order valence-corrected chi connectivity index (χ4v) is 5.24. The van der Waals surface area contributed by atoms with Crippen LogP contribution in [0.2, 0.25) is 0 Å². The number of hydrogen-bond donors (Lipinski definition) is 2. The maximum atomic E-state index is 12.4. The van der Waals surface area contributed by atoms with E-state index >= 15 is 0 Å². The number of carbonyl (C=O) groups excluding carboxylic acids is 1. The molecule has 2 N–H and O–H groups in total. The quantitative estimate of drug-likeness (QED) is 0.612. The van der Waals surface area contributed by atoms with Crippen LogP contribution in [-0.4, -0.2) is 30.1 Å². The van der Waals surface area contributed by atoms with Crippen LogP contribution >= 0.6 is 12.4 Å². The number of nitrogens with one attached hydrogen (secondary N) is 2. The van der Waals surface area contributed by atoms with E-state index in [-0.39, 0.29) is 18.3 Å². The van der Waals surface area contributed by atoms with E-state index in [1.54, 1.807) is 0 Å². The lowest BCUT2D eigenvalue weighted by atomic mass is 9.89. The van der Waals surface area contributed by atoms with Crippen LogP contribution in [0.4, 0.5) is 0 Å². The van der Waals surface area contributed by atoms with Crippen LogP contribution in [0.25, 0.3) is 10.9 Å². The Bertz CT molecular complexity index is 791. The van der Waals surface area contributed by atoms with E-state index in [0.717, 1.165) is 50.9 Å². The average Bonchev–Trinajstić information content (AvgIpc) is 3.11. The summed E-state index contributed by atoms with van der Waals surface area (Å²) >= 11 is 0. The molecule has 30 heavy (non-hydrogen) atoms. The Morgan fingerprint density at radius 1 is 1.03 bits per heavy atom. The minimum absolute atomic E-state index is 0. The smallest absolute Gasteiger partial charge is 0.220 e. The first kappa shape index (κ1) is 23.1. The zero-order chi connectivity index (χ0) is 19.9. The van der Waals surface area contributed by atoms with Crippen molar-refractivity contribution in [2.24, 2.45) is 11.8 Å². The van der Waals surface area contributed by atoms with Gasteiger partial charge in [0.1, 0.15) is 0 Å². The molecule has 1 amide bonds. The number of amides is 1. The minimum atomic E-state index is 0. The van der Waals surface area contributed by atoms with Crippen LogP contribution in [0.1, 0.15) is 63.4 Å². The Kier molecular flexibility index (Phi) is 9.07. The van der Waals surface area contributed by atoms with E-state index in [0.29, 0.717) is 6.42 Å². The van der Waals surface area contributed by atoms with Crippen LogP contribution in [-0.2, 0) is 17.8 Å². The number of para-hydroxylation sites is 1. The average molecular weight is 432 g/mol. The normalized spacial score (nSPS) is 18.3. The number of nitrogens with zero attached hydrogens (tertiary/aromatic N) is 1. The van der Waals surface area contributed by atoms with Gasteiger partial charge in [-0.2, -0.15) is 0 Å². The topological polar surface area (TPSA) is 46.1 Å². The summed E-state index contributed by atoms with van der Waals surface area (Å²) in [6.07, 6.45) is 14.2. The Morgan fingerprint density at radius 3 is 2.60 bits per heavy atom. The molecule has 4 nitrogen and oxygen atoms in total. The molecule has 2 fully saturated rings. The summed E-state index contributed by atoms with van der Waals surface area (Å²) in [6, 6.07) is 8.71. The molecule has 4 rings (SSSR count). The lowest BCUT2D eigenvalue weighted by Crippen LogP contribution is -2.31. The number of piperidine rings is 1. The number of rotatable bonds is 8. The lowest BCUT2D eigenvalue weighted by molar-refractivity contribution is -0.121. The minimum Gasteiger partial charge on any atom is -0.356 e. The van der Waals surface area contributed by atoms with Crippen molar-refractivity contribution < 1.29 is 4.79 Å². The Morgan fingerprint density at radius 2 is 1.80 bits per heavy atom. The number of aromatic nitrogens is 1. The fraction of sp³-hybridized carbons (Fsp3) is 0.640. The zero-order valence-corrected chi connectivity index (χ0v) is 19.0. The van der Waals surface area contributed by atoms with E-state index < -0.39 is 0 Å². The highest BCUT2D eigenvalue weighted by Gasteiger charge is 2.17. The van der Waals surface area contributed by atoms with Gasteiger partial charge in [0.15, 0.2) is 0 Å². The highest BCUT2D eigenvalue weighted by atomic mass is 35.5. The van der Waals surface area contributed by atoms with Gasteiger partial charge in [0.2, 0.25) is 5.91 Å². The highest BCUT2D eigenvalue weighted by molar-refractivity contribution is 5.85. The van der Waals surface area contributed by atoms with Crippen molar-refractivity contribution >= 4 is 29.2 Å². The van der Waals surface area contributed by atoms with E-state index in [1.807, 2.05) is 0 Å². The largest absolute Gasteiger partial charge is 0.356 e. The molecule has 5 heteroatoms. The molecule has 1 aromatic carbocycles. The summed E-state index contributed by atoms with van der Waals surface area (Å²) < 4.78 is 2.45. The Hall–Kier alpha value is -1.52. The van der Waals surface area contributed by atoms with Crippen molar-refractivity contribution in [1.82, 2.24) is 15.2 Å². The first-order valence-electron chi connectivity index (χ1n) is 11.8. The second-order valence-corrected chi connectivity index (χ2v) is 9.16. The Balaban J connectivity index is 0.00000256. The summed E-state index contributed by atoms with van der Waals surface area (Å²) in [4.78, 5) is 12.4. The molecule has 0 radical (unpaired) electrons. The third-order valence-corrected chi connectivity index (χ3v) is 7.01. The summed E-state index contributed by atoms with van der Waals surface area (Å²) in [5.41, 5.74) is 2.66. The third kappa shape index (κ3) is 6.24. The van der Waals surface area contributed by atoms with E-state index in [9.17, 15) is 4.79 Å². The molecule has 2 heterocycles. The molecule has 1 saturated carbocycles. The number of halogens is 1. The predicted octanol–water partition coefficient (Wildman–Crippen LogP) is 5.08. The molecule has 1 saturated heterocycles. The molecule has 0 bridgehead atoms. The molecule has 0 spiro atoms. The number of aryl methyl sites for hydroxylation is 1. The summed E-state index contributed by atoms with van der Waals surface area (Å²) in [5.74, 6) is 1.78. The molecule has 0 unspecified atom stereocenters. The predicted molar refractivity (Wildman–Crippen MR) is 127 cm³/mol. The van der Waals surface area contributed by atoms with Crippen molar-refractivity contribution in [3.63, 3.8) is 0 Å². The van der Waals surface area contributed by atoms with E-state index in [1.165, 1.54) is 61.4 Å². The van der Waals surface area contributed by atoms with Gasteiger partial charge in [-0.1, -0.05) is 37.5 Å². The van der Waals surface area contributed by atoms with Gasteiger partial charge in [-0.3, -0.25) is 4.79 Å². The van der Waals surface area contributed by atoms with E-state index in [2.05, 4.69) is 45.7 Å². The van der Waals surface area contributed by atoms with Gasteiger partial charge < -0.3 is 15.2 Å². The lowest BCUT2D eigenvalue weighted by Gasteiger charge is -2.22. The summed E-state index contributed by atoms with van der Waals surface area (Å²) in [5, 5.41) is 7.88. The van der Waals surface area contributed by atoms with Gasteiger partial charge in [0.25, 0.3) is 0 Å². The molecule has 166 valence electrons. The molecule has 2 aliphatic rings. The first-order chi connectivity index (χ1) is 14.3. The molecule has 1 aliphatic heterocycles. The molecule has 1 aliphatic carbocycles. The van der Waals surface area contributed by atoms with Crippen LogP contribution in [0.3, 0.4) is 0 Å². The SMILES string of the molecule is Cl.O=C(CCc1cn(CC2CCCCC2)c2ccccc12)NCCC1CCNCC1. The first-order valence-corrected chi connectivity index (χ1v) is 11.8. The number of carbonyl (C=O) groups is 1. The van der Waals surface area contributed by atoms with Gasteiger partial charge in [-0.25, -0.2) is 0 Å². The molecular formula is C25H38ClN3O. The number of benzene rings is 1. The maximum Gasteiger partial charge on any atom is 0.220 e. The van der Waals surface area contributed by atoms with Gasteiger partial charge in [-0.05, 0) is 75.1 Å². The van der Waals surface area contributed by atoms with Crippen molar-refractivity contribution in [2.45, 2.75) is 70.8 Å². The van der Waals surface area contributed by atoms with Crippen molar-refractivity contribution in [1.29, 1.82) is 0 Å². The van der Waals surface area contributed by atoms with Crippen LogP contribution in [0.15, 0.2) is 30.5 Å². The van der Waals surface area contributed by atoms with Crippen LogP contribution < -0.4 is 10.6 Å². The zero-order valence-electron chi connectivity index (χ0n) is 18.2. The van der Waals surface area contributed by atoms with Crippen LogP contribution in [0, 0.1) is 11.8 Å². The molecule has 0 atom stereocenters. The third-order valence-electron chi connectivity index (χ3n) is 7.01. The molecular weight excluding hydrogens is 394 g/mol.